The molecule has 3 N–H and O–H groups in total. The number of nitro benzene ring substituents is 1. The number of nitro groups is 1. The fraction of sp³-hybridized carbons (Fsp3) is 0.483. The number of alkyl carbamates (subject to hydrolysis) is 1. The molecule has 1 aliphatic carbocycles. The molecule has 1 saturated carbocycles. The van der Waals surface area contributed by atoms with Crippen LogP contribution in [0.25, 0.3) is 0 Å². The van der Waals surface area contributed by atoms with Crippen LogP contribution in [0.5, 0.6) is 0 Å². The maximum absolute atomic E-state index is 13.6. The first-order chi connectivity index (χ1) is 19.0. The normalized spacial score (nSPS) is 15.4. The summed E-state index contributed by atoms with van der Waals surface area (Å²) in [6.45, 7) is 5.19. The molecule has 10 nitrogen and oxygen atoms in total. The van der Waals surface area contributed by atoms with E-state index in [0.29, 0.717) is 21.8 Å². The van der Waals surface area contributed by atoms with E-state index in [4.69, 9.17) is 4.74 Å². The van der Waals surface area contributed by atoms with Crippen LogP contribution in [0, 0.1) is 10.1 Å². The van der Waals surface area contributed by atoms with E-state index in [1.807, 2.05) is 0 Å². The summed E-state index contributed by atoms with van der Waals surface area (Å²) in [6.07, 6.45) is 4.25. The van der Waals surface area contributed by atoms with Crippen molar-refractivity contribution in [1.29, 1.82) is 0 Å². The van der Waals surface area contributed by atoms with Gasteiger partial charge in [-0.2, -0.15) is 0 Å². The SMILES string of the molecule is CC(C)(C)OC(=O)N[C@@H](C(=O)NC(C[Se]Cc1ccccc1[N+](=O)[O-])C(=O)NC1CCCCC1)c1ccccc1. The summed E-state index contributed by atoms with van der Waals surface area (Å²) in [7, 11) is 0. The molecule has 2 atom stereocenters. The Hall–Kier alpha value is -3.43. The van der Waals surface area contributed by atoms with Gasteiger partial charge in [-0.1, -0.05) is 0 Å². The molecule has 0 aliphatic heterocycles. The van der Waals surface area contributed by atoms with Crippen LogP contribution in [0.4, 0.5) is 10.5 Å². The summed E-state index contributed by atoms with van der Waals surface area (Å²) in [6, 6.07) is 13.4. The molecule has 216 valence electrons. The first kappa shape index (κ1) is 31.1. The molecule has 2 aromatic rings. The number of carbonyl (C=O) groups is 3. The van der Waals surface area contributed by atoms with E-state index in [2.05, 4.69) is 16.0 Å². The topological polar surface area (TPSA) is 140 Å². The number of rotatable bonds is 11. The van der Waals surface area contributed by atoms with Gasteiger partial charge < -0.3 is 0 Å². The van der Waals surface area contributed by atoms with Crippen molar-refractivity contribution in [2.45, 2.75) is 87.2 Å². The van der Waals surface area contributed by atoms with Gasteiger partial charge in [0.2, 0.25) is 0 Å². The van der Waals surface area contributed by atoms with Crippen molar-refractivity contribution in [2.75, 3.05) is 0 Å². The van der Waals surface area contributed by atoms with E-state index < -0.39 is 34.6 Å². The molecular formula is C29H38N4O6Se. The van der Waals surface area contributed by atoms with Crippen LogP contribution < -0.4 is 16.0 Å². The molecule has 1 fully saturated rings. The van der Waals surface area contributed by atoms with Crippen LogP contribution in [0.1, 0.15) is 70.0 Å². The van der Waals surface area contributed by atoms with E-state index in [0.717, 1.165) is 32.1 Å². The Kier molecular flexibility index (Phi) is 11.5. The molecule has 11 heteroatoms. The van der Waals surface area contributed by atoms with Gasteiger partial charge in [-0.3, -0.25) is 0 Å². The predicted octanol–water partition coefficient (Wildman–Crippen LogP) is 4.42. The fourth-order valence-electron chi connectivity index (χ4n) is 4.46. The third kappa shape index (κ3) is 9.95. The van der Waals surface area contributed by atoms with Gasteiger partial charge in [0.05, 0.1) is 0 Å². The van der Waals surface area contributed by atoms with E-state index in [1.165, 1.54) is 6.07 Å². The molecule has 0 aromatic heterocycles. The molecule has 40 heavy (non-hydrogen) atoms. The summed E-state index contributed by atoms with van der Waals surface area (Å²) in [4.78, 5) is 50.6. The van der Waals surface area contributed by atoms with Gasteiger partial charge in [0.1, 0.15) is 0 Å². The summed E-state index contributed by atoms with van der Waals surface area (Å²) in [5.74, 6) is -0.823. The molecule has 2 aromatic carbocycles. The van der Waals surface area contributed by atoms with E-state index in [-0.39, 0.29) is 32.6 Å². The number of ether oxygens (including phenoxy) is 1. The molecule has 0 radical (unpaired) electrons. The van der Waals surface area contributed by atoms with Crippen molar-refractivity contribution in [1.82, 2.24) is 16.0 Å². The van der Waals surface area contributed by atoms with Crippen molar-refractivity contribution in [2.24, 2.45) is 0 Å². The molecule has 1 unspecified atom stereocenters. The van der Waals surface area contributed by atoms with Crippen molar-refractivity contribution >= 4 is 38.6 Å². The zero-order chi connectivity index (χ0) is 29.1. The number of para-hydroxylation sites is 1. The van der Waals surface area contributed by atoms with E-state index >= 15 is 0 Å². The van der Waals surface area contributed by atoms with Gasteiger partial charge in [0, 0.05) is 0 Å². The molecule has 3 rings (SSSR count). The third-order valence-corrected chi connectivity index (χ3v) is 8.65. The summed E-state index contributed by atoms with van der Waals surface area (Å²) in [5.41, 5.74) is 0.427. The fourth-order valence-corrected chi connectivity index (χ4v) is 6.66. The average Bonchev–Trinajstić information content (AvgIpc) is 2.91. The van der Waals surface area contributed by atoms with Crippen molar-refractivity contribution < 1.29 is 24.0 Å². The molecule has 0 heterocycles. The van der Waals surface area contributed by atoms with E-state index in [9.17, 15) is 24.5 Å². The maximum atomic E-state index is 13.6. The van der Waals surface area contributed by atoms with Crippen LogP contribution in [0.15, 0.2) is 54.6 Å². The van der Waals surface area contributed by atoms with Crippen molar-refractivity contribution in [3.8, 4) is 0 Å². The van der Waals surface area contributed by atoms with Crippen LogP contribution in [-0.4, -0.2) is 55.5 Å². The number of hydrogen-bond donors (Lipinski definition) is 3. The monoisotopic (exact) mass is 618 g/mol. The van der Waals surface area contributed by atoms with Crippen molar-refractivity contribution in [3.63, 3.8) is 0 Å². The van der Waals surface area contributed by atoms with Gasteiger partial charge in [-0.05, 0) is 0 Å². The van der Waals surface area contributed by atoms with Gasteiger partial charge >= 0.3 is 242 Å². The van der Waals surface area contributed by atoms with E-state index in [1.54, 1.807) is 69.3 Å². The zero-order valence-corrected chi connectivity index (χ0v) is 24.9. The standard InChI is InChI=1S/C29H38N4O6Se/c1-29(2,3)39-28(36)32-25(20-12-6-4-7-13-20)27(35)31-23(26(34)30-22-15-8-5-9-16-22)19-40-18-21-14-10-11-17-24(21)33(37)38/h4,6-7,10-14,17,22-23,25H,5,8-9,15-16,18-19H2,1-3H3,(H,30,34)(H,31,35)(H,32,36)/t23?,25-/m1/s1. The first-order valence-corrected chi connectivity index (χ1v) is 15.9. The Morgan fingerprint density at radius 2 is 1.62 bits per heavy atom. The Bertz CT molecular complexity index is 1160. The van der Waals surface area contributed by atoms with Gasteiger partial charge in [-0.15, -0.1) is 0 Å². The molecular weight excluding hydrogens is 579 g/mol. The van der Waals surface area contributed by atoms with Crippen molar-refractivity contribution in [3.05, 3.63) is 75.8 Å². The Balaban J connectivity index is 1.77. The van der Waals surface area contributed by atoms with Crippen LogP contribution in [-0.2, 0) is 19.6 Å². The second kappa shape index (κ2) is 14.8. The first-order valence-electron chi connectivity index (χ1n) is 13.5. The number of carbonyl (C=O) groups excluding carboxylic acids is 3. The summed E-state index contributed by atoms with van der Waals surface area (Å²) < 4.78 is 5.38. The second-order valence-corrected chi connectivity index (χ2v) is 13.0. The third-order valence-electron chi connectivity index (χ3n) is 6.37. The Morgan fingerprint density at radius 3 is 2.27 bits per heavy atom. The van der Waals surface area contributed by atoms with Gasteiger partial charge in [0.25, 0.3) is 0 Å². The summed E-state index contributed by atoms with van der Waals surface area (Å²) in [5, 5.41) is 20.8. The van der Waals surface area contributed by atoms with Crippen LogP contribution in [0.2, 0.25) is 5.32 Å². The Labute approximate surface area is 241 Å². The number of amides is 3. The predicted molar refractivity (Wildman–Crippen MR) is 153 cm³/mol. The Morgan fingerprint density at radius 1 is 0.975 bits per heavy atom. The van der Waals surface area contributed by atoms with Crippen LogP contribution >= 0.6 is 0 Å². The van der Waals surface area contributed by atoms with Crippen LogP contribution in [0.3, 0.4) is 0 Å². The number of benzene rings is 2. The minimum absolute atomic E-state index is 0.0438. The quantitative estimate of drug-likeness (QED) is 0.194. The molecule has 0 saturated heterocycles. The zero-order valence-electron chi connectivity index (χ0n) is 23.2. The molecule has 0 spiro atoms. The molecule has 1 aliphatic rings. The number of nitrogens with zero attached hydrogens (tertiary/aromatic N) is 1. The number of nitrogens with one attached hydrogen (secondary N) is 3. The van der Waals surface area contributed by atoms with Gasteiger partial charge in [-0.25, -0.2) is 0 Å². The number of hydrogen-bond acceptors (Lipinski definition) is 6. The second-order valence-electron chi connectivity index (χ2n) is 10.8. The summed E-state index contributed by atoms with van der Waals surface area (Å²) >= 11 is -0.227. The molecule has 0 bridgehead atoms. The van der Waals surface area contributed by atoms with Gasteiger partial charge in [0.15, 0.2) is 0 Å². The minimum atomic E-state index is -1.08. The molecule has 3 amide bonds. The average molecular weight is 618 g/mol.